The van der Waals surface area contributed by atoms with E-state index in [1.165, 1.54) is 4.90 Å². The lowest BCUT2D eigenvalue weighted by atomic mass is 9.93. The SMILES string of the molecule is NC(=O)CNC(=O)N1CC(C(=O)O)Cc2ccccc21. The zero-order valence-corrected chi connectivity index (χ0v) is 10.7. The number of hydrogen-bond donors (Lipinski definition) is 3. The minimum atomic E-state index is -0.952. The zero-order chi connectivity index (χ0) is 14.7. The summed E-state index contributed by atoms with van der Waals surface area (Å²) < 4.78 is 0. The number of amides is 3. The van der Waals surface area contributed by atoms with Crippen LogP contribution in [0.3, 0.4) is 0 Å². The third-order valence-electron chi connectivity index (χ3n) is 3.16. The number of carbonyl (C=O) groups is 3. The maximum absolute atomic E-state index is 12.0. The molecule has 1 heterocycles. The molecule has 106 valence electrons. The Bertz CT molecular complexity index is 558. The first-order chi connectivity index (χ1) is 9.49. The van der Waals surface area contributed by atoms with Crippen molar-refractivity contribution in [3.63, 3.8) is 0 Å². The van der Waals surface area contributed by atoms with E-state index in [9.17, 15) is 14.4 Å². The van der Waals surface area contributed by atoms with Gasteiger partial charge in [0.25, 0.3) is 0 Å². The van der Waals surface area contributed by atoms with Crippen molar-refractivity contribution in [2.75, 3.05) is 18.0 Å². The zero-order valence-electron chi connectivity index (χ0n) is 10.7. The summed E-state index contributed by atoms with van der Waals surface area (Å²) in [5.41, 5.74) is 6.43. The van der Waals surface area contributed by atoms with E-state index in [0.717, 1.165) is 5.56 Å². The molecule has 3 amide bonds. The molecule has 1 aromatic rings. The van der Waals surface area contributed by atoms with E-state index in [0.29, 0.717) is 12.1 Å². The fraction of sp³-hybridized carbons (Fsp3) is 0.308. The number of rotatable bonds is 3. The smallest absolute Gasteiger partial charge is 0.322 e. The van der Waals surface area contributed by atoms with E-state index in [4.69, 9.17) is 10.8 Å². The number of benzene rings is 1. The predicted octanol–water partition coefficient (Wildman–Crippen LogP) is -0.0552. The molecular weight excluding hydrogens is 262 g/mol. The molecule has 0 fully saturated rings. The lowest BCUT2D eigenvalue weighted by molar-refractivity contribution is -0.141. The van der Waals surface area contributed by atoms with Crippen molar-refractivity contribution >= 4 is 23.6 Å². The summed E-state index contributed by atoms with van der Waals surface area (Å²) in [6, 6.07) is 6.58. The molecule has 0 saturated carbocycles. The van der Waals surface area contributed by atoms with E-state index >= 15 is 0 Å². The van der Waals surface area contributed by atoms with E-state index in [2.05, 4.69) is 5.32 Å². The number of carboxylic acid groups (broad SMARTS) is 1. The fourth-order valence-electron chi connectivity index (χ4n) is 2.21. The number of nitrogens with one attached hydrogen (secondary N) is 1. The van der Waals surface area contributed by atoms with Crippen LogP contribution in [0.4, 0.5) is 10.5 Å². The van der Waals surface area contributed by atoms with Crippen LogP contribution in [-0.4, -0.2) is 36.1 Å². The van der Waals surface area contributed by atoms with Gasteiger partial charge in [0.2, 0.25) is 5.91 Å². The summed E-state index contributed by atoms with van der Waals surface area (Å²) in [7, 11) is 0. The molecule has 4 N–H and O–H groups in total. The molecular formula is C13H15N3O4. The number of fused-ring (bicyclic) bond motifs is 1. The van der Waals surface area contributed by atoms with E-state index in [1.807, 2.05) is 0 Å². The molecule has 7 heteroatoms. The Hall–Kier alpha value is -2.57. The number of primary amides is 1. The quantitative estimate of drug-likeness (QED) is 0.718. The van der Waals surface area contributed by atoms with Crippen LogP contribution in [0.2, 0.25) is 0 Å². The number of carboxylic acids is 1. The van der Waals surface area contributed by atoms with Gasteiger partial charge in [-0.25, -0.2) is 4.79 Å². The van der Waals surface area contributed by atoms with Crippen molar-refractivity contribution in [3.8, 4) is 0 Å². The van der Waals surface area contributed by atoms with E-state index in [1.54, 1.807) is 24.3 Å². The van der Waals surface area contributed by atoms with Crippen LogP contribution in [0.15, 0.2) is 24.3 Å². The fourth-order valence-corrected chi connectivity index (χ4v) is 2.21. The van der Waals surface area contributed by atoms with Crippen molar-refractivity contribution in [1.82, 2.24) is 5.32 Å². The highest BCUT2D eigenvalue weighted by Gasteiger charge is 2.32. The largest absolute Gasteiger partial charge is 0.481 e. The van der Waals surface area contributed by atoms with Gasteiger partial charge in [-0.05, 0) is 18.1 Å². The molecule has 1 aliphatic rings. The first-order valence-electron chi connectivity index (χ1n) is 6.13. The van der Waals surface area contributed by atoms with Crippen molar-refractivity contribution in [2.45, 2.75) is 6.42 Å². The van der Waals surface area contributed by atoms with Crippen LogP contribution in [-0.2, 0) is 16.0 Å². The molecule has 1 aliphatic heterocycles. The van der Waals surface area contributed by atoms with Crippen molar-refractivity contribution in [3.05, 3.63) is 29.8 Å². The number of urea groups is 1. The molecule has 1 aromatic carbocycles. The minimum Gasteiger partial charge on any atom is -0.481 e. The molecule has 20 heavy (non-hydrogen) atoms. The Labute approximate surface area is 115 Å². The normalized spacial score (nSPS) is 17.2. The first-order valence-corrected chi connectivity index (χ1v) is 6.13. The lowest BCUT2D eigenvalue weighted by Gasteiger charge is -2.32. The third kappa shape index (κ3) is 2.87. The monoisotopic (exact) mass is 277 g/mol. The number of nitrogens with zero attached hydrogens (tertiary/aromatic N) is 1. The predicted molar refractivity (Wildman–Crippen MR) is 71.2 cm³/mol. The Morgan fingerprint density at radius 3 is 2.70 bits per heavy atom. The molecule has 1 atom stereocenters. The second-order valence-electron chi connectivity index (χ2n) is 4.60. The van der Waals surface area contributed by atoms with Gasteiger partial charge >= 0.3 is 12.0 Å². The summed E-state index contributed by atoms with van der Waals surface area (Å²) in [6.07, 6.45) is 0.380. The summed E-state index contributed by atoms with van der Waals surface area (Å²) >= 11 is 0. The van der Waals surface area contributed by atoms with E-state index in [-0.39, 0.29) is 13.1 Å². The molecule has 1 unspecified atom stereocenters. The van der Waals surface area contributed by atoms with Gasteiger partial charge in [-0.2, -0.15) is 0 Å². The standard InChI is InChI=1S/C13H15N3O4/c14-11(17)6-15-13(20)16-7-9(12(18)19)5-8-3-1-2-4-10(8)16/h1-4,9H,5-7H2,(H2,14,17)(H,15,20)(H,18,19). The second kappa shape index (κ2) is 5.60. The van der Waals surface area contributed by atoms with Gasteiger partial charge in [0.1, 0.15) is 0 Å². The molecule has 0 aliphatic carbocycles. The van der Waals surface area contributed by atoms with Gasteiger partial charge in [-0.3, -0.25) is 14.5 Å². The Balaban J connectivity index is 2.24. The highest BCUT2D eigenvalue weighted by molar-refractivity contribution is 5.96. The Morgan fingerprint density at radius 1 is 1.35 bits per heavy atom. The van der Waals surface area contributed by atoms with Gasteiger partial charge < -0.3 is 16.2 Å². The highest BCUT2D eigenvalue weighted by Crippen LogP contribution is 2.29. The molecule has 0 saturated heterocycles. The second-order valence-corrected chi connectivity index (χ2v) is 4.60. The molecule has 0 bridgehead atoms. The number of nitrogens with two attached hydrogens (primary N) is 1. The van der Waals surface area contributed by atoms with Crippen LogP contribution < -0.4 is 16.0 Å². The average Bonchev–Trinajstić information content (AvgIpc) is 2.43. The van der Waals surface area contributed by atoms with Crippen molar-refractivity contribution < 1.29 is 19.5 Å². The average molecular weight is 277 g/mol. The van der Waals surface area contributed by atoms with Gasteiger partial charge in [-0.1, -0.05) is 18.2 Å². The third-order valence-corrected chi connectivity index (χ3v) is 3.16. The maximum atomic E-state index is 12.0. The summed E-state index contributed by atoms with van der Waals surface area (Å²) in [5, 5.41) is 11.5. The number of carbonyl (C=O) groups excluding carboxylic acids is 2. The first kappa shape index (κ1) is 13.9. The topological polar surface area (TPSA) is 113 Å². The molecule has 0 radical (unpaired) electrons. The maximum Gasteiger partial charge on any atom is 0.322 e. The molecule has 0 aromatic heterocycles. The summed E-state index contributed by atoms with van der Waals surface area (Å²) in [4.78, 5) is 35.2. The molecule has 7 nitrogen and oxygen atoms in total. The Kier molecular flexibility index (Phi) is 3.88. The van der Waals surface area contributed by atoms with Crippen LogP contribution >= 0.6 is 0 Å². The van der Waals surface area contributed by atoms with Gasteiger partial charge in [-0.15, -0.1) is 0 Å². The van der Waals surface area contributed by atoms with Gasteiger partial charge in [0, 0.05) is 12.2 Å². The Morgan fingerprint density at radius 2 is 2.05 bits per heavy atom. The number of hydrogen-bond acceptors (Lipinski definition) is 3. The van der Waals surface area contributed by atoms with Crippen LogP contribution in [0, 0.1) is 5.92 Å². The molecule has 0 spiro atoms. The number of para-hydroxylation sites is 1. The van der Waals surface area contributed by atoms with Gasteiger partial charge in [0.15, 0.2) is 0 Å². The lowest BCUT2D eigenvalue weighted by Crippen LogP contribution is -2.49. The number of aliphatic carboxylic acids is 1. The minimum absolute atomic E-state index is 0.0664. The number of anilines is 1. The molecule has 2 rings (SSSR count). The summed E-state index contributed by atoms with van der Waals surface area (Å²) in [5.74, 6) is -2.27. The van der Waals surface area contributed by atoms with E-state index < -0.39 is 23.8 Å². The van der Waals surface area contributed by atoms with Crippen LogP contribution in [0.1, 0.15) is 5.56 Å². The van der Waals surface area contributed by atoms with Crippen LogP contribution in [0.25, 0.3) is 0 Å². The van der Waals surface area contributed by atoms with Gasteiger partial charge in [0.05, 0.1) is 12.5 Å². The van der Waals surface area contributed by atoms with Crippen molar-refractivity contribution in [1.29, 1.82) is 0 Å². The van der Waals surface area contributed by atoms with Crippen molar-refractivity contribution in [2.24, 2.45) is 11.7 Å². The summed E-state index contributed by atoms with van der Waals surface area (Å²) in [6.45, 7) is -0.216. The highest BCUT2D eigenvalue weighted by atomic mass is 16.4. The van der Waals surface area contributed by atoms with Crippen LogP contribution in [0.5, 0.6) is 0 Å².